The lowest BCUT2D eigenvalue weighted by Crippen LogP contribution is -2.17. The number of aliphatic hydroxyl groups is 1. The van der Waals surface area contributed by atoms with Gasteiger partial charge in [0.25, 0.3) is 0 Å². The first kappa shape index (κ1) is 11.4. The first-order chi connectivity index (χ1) is 7.76. The average molecular weight is 221 g/mol. The van der Waals surface area contributed by atoms with Gasteiger partial charge in [0.15, 0.2) is 0 Å². The van der Waals surface area contributed by atoms with Crippen molar-refractivity contribution in [2.75, 3.05) is 13.7 Å². The molecule has 0 amide bonds. The number of hydrogen-bond acceptors (Lipinski definition) is 3. The van der Waals surface area contributed by atoms with Crippen molar-refractivity contribution in [2.24, 2.45) is 5.73 Å². The zero-order valence-electron chi connectivity index (χ0n) is 9.70. The van der Waals surface area contributed by atoms with E-state index in [1.807, 2.05) is 0 Å². The van der Waals surface area contributed by atoms with Crippen LogP contribution in [0.25, 0.3) is 0 Å². The number of aryl methyl sites for hydroxylation is 2. The van der Waals surface area contributed by atoms with Crippen LogP contribution in [0.3, 0.4) is 0 Å². The van der Waals surface area contributed by atoms with E-state index in [2.05, 4.69) is 12.1 Å². The van der Waals surface area contributed by atoms with Gasteiger partial charge in [-0.15, -0.1) is 0 Å². The lowest BCUT2D eigenvalue weighted by atomic mass is 9.88. The molecule has 88 valence electrons. The van der Waals surface area contributed by atoms with Gasteiger partial charge in [-0.1, -0.05) is 6.07 Å². The highest BCUT2D eigenvalue weighted by Crippen LogP contribution is 2.31. The summed E-state index contributed by atoms with van der Waals surface area (Å²) in [5, 5.41) is 9.13. The molecule has 1 aromatic carbocycles. The Hall–Kier alpha value is -1.06. The lowest BCUT2D eigenvalue weighted by molar-refractivity contribution is 0.264. The first-order valence-electron chi connectivity index (χ1n) is 5.82. The van der Waals surface area contributed by atoms with E-state index in [1.54, 1.807) is 7.11 Å². The molecule has 0 heterocycles. The third-order valence-electron chi connectivity index (χ3n) is 3.29. The number of nitrogens with two attached hydrogens (primary N) is 1. The molecule has 1 unspecified atom stereocenters. The van der Waals surface area contributed by atoms with E-state index in [4.69, 9.17) is 15.6 Å². The molecule has 0 radical (unpaired) electrons. The Morgan fingerprint density at radius 1 is 1.31 bits per heavy atom. The zero-order valence-corrected chi connectivity index (χ0v) is 9.70. The summed E-state index contributed by atoms with van der Waals surface area (Å²) >= 11 is 0. The number of benzene rings is 1. The third-order valence-corrected chi connectivity index (χ3v) is 3.29. The van der Waals surface area contributed by atoms with Crippen LogP contribution in [0.4, 0.5) is 0 Å². The fourth-order valence-electron chi connectivity index (χ4n) is 2.35. The minimum Gasteiger partial charge on any atom is -0.496 e. The Labute approximate surface area is 96.2 Å². The van der Waals surface area contributed by atoms with Gasteiger partial charge in [-0.3, -0.25) is 0 Å². The number of hydrogen-bond donors (Lipinski definition) is 2. The van der Waals surface area contributed by atoms with Gasteiger partial charge in [-0.25, -0.2) is 0 Å². The van der Waals surface area contributed by atoms with Crippen LogP contribution in [0.5, 0.6) is 5.75 Å². The van der Waals surface area contributed by atoms with E-state index < -0.39 is 0 Å². The lowest BCUT2D eigenvalue weighted by Gasteiger charge is -2.21. The molecule has 0 aliphatic heterocycles. The molecule has 2 rings (SSSR count). The Morgan fingerprint density at radius 2 is 1.94 bits per heavy atom. The normalized spacial score (nSPS) is 16.7. The molecule has 3 heteroatoms. The Bertz CT molecular complexity index is 376. The molecule has 3 N–H and O–H groups in total. The summed E-state index contributed by atoms with van der Waals surface area (Å²) in [5.74, 6) is 0.808. The van der Waals surface area contributed by atoms with Crippen LogP contribution in [-0.2, 0) is 12.8 Å². The fraction of sp³-hybridized carbons (Fsp3) is 0.538. The highest BCUT2D eigenvalue weighted by Gasteiger charge is 2.17. The highest BCUT2D eigenvalue weighted by molar-refractivity contribution is 5.45. The quantitative estimate of drug-likeness (QED) is 0.814. The number of rotatable bonds is 3. The molecule has 0 fully saturated rings. The van der Waals surface area contributed by atoms with Crippen molar-refractivity contribution in [3.63, 3.8) is 0 Å². The largest absolute Gasteiger partial charge is 0.496 e. The second kappa shape index (κ2) is 4.85. The van der Waals surface area contributed by atoms with Crippen molar-refractivity contribution in [3.05, 3.63) is 28.8 Å². The van der Waals surface area contributed by atoms with Gasteiger partial charge in [-0.2, -0.15) is 0 Å². The number of methoxy groups -OCH3 is 1. The van der Waals surface area contributed by atoms with E-state index in [1.165, 1.54) is 24.0 Å². The van der Waals surface area contributed by atoms with Crippen LogP contribution >= 0.6 is 0 Å². The van der Waals surface area contributed by atoms with Crippen molar-refractivity contribution in [3.8, 4) is 5.75 Å². The van der Waals surface area contributed by atoms with Gasteiger partial charge < -0.3 is 15.6 Å². The molecule has 0 aromatic heterocycles. The SMILES string of the molecule is COc1cc2c(cc1C(N)CO)CCCC2. The topological polar surface area (TPSA) is 55.5 Å². The van der Waals surface area contributed by atoms with Gasteiger partial charge in [-0.05, 0) is 42.9 Å². The second-order valence-electron chi connectivity index (χ2n) is 4.36. The Morgan fingerprint density at radius 3 is 2.50 bits per heavy atom. The van der Waals surface area contributed by atoms with E-state index >= 15 is 0 Å². The maximum absolute atomic E-state index is 9.13. The monoisotopic (exact) mass is 221 g/mol. The smallest absolute Gasteiger partial charge is 0.124 e. The number of aliphatic hydroxyl groups excluding tert-OH is 1. The Balaban J connectivity index is 2.43. The summed E-state index contributed by atoms with van der Waals surface area (Å²) in [6.07, 6.45) is 4.74. The van der Waals surface area contributed by atoms with Crippen LogP contribution < -0.4 is 10.5 Å². The van der Waals surface area contributed by atoms with Crippen molar-refractivity contribution in [1.29, 1.82) is 0 Å². The molecule has 0 spiro atoms. The second-order valence-corrected chi connectivity index (χ2v) is 4.36. The van der Waals surface area contributed by atoms with Crippen molar-refractivity contribution < 1.29 is 9.84 Å². The predicted octanol–water partition coefficient (Wildman–Crippen LogP) is 1.57. The molecule has 0 saturated heterocycles. The van der Waals surface area contributed by atoms with Crippen molar-refractivity contribution in [1.82, 2.24) is 0 Å². The summed E-state index contributed by atoms with van der Waals surface area (Å²) in [5.41, 5.74) is 9.53. The summed E-state index contributed by atoms with van der Waals surface area (Å²) in [4.78, 5) is 0. The molecule has 1 atom stereocenters. The average Bonchev–Trinajstić information content (AvgIpc) is 2.36. The minimum absolute atomic E-state index is 0.0465. The first-order valence-corrected chi connectivity index (χ1v) is 5.82. The van der Waals surface area contributed by atoms with Crippen molar-refractivity contribution >= 4 is 0 Å². The summed E-state index contributed by atoms with van der Waals surface area (Å²) < 4.78 is 5.34. The molecule has 0 bridgehead atoms. The van der Waals surface area contributed by atoms with Crippen LogP contribution in [0.1, 0.15) is 35.6 Å². The maximum Gasteiger partial charge on any atom is 0.124 e. The Kier molecular flexibility index (Phi) is 3.46. The van der Waals surface area contributed by atoms with Crippen LogP contribution in [-0.4, -0.2) is 18.8 Å². The van der Waals surface area contributed by atoms with E-state index in [0.29, 0.717) is 0 Å². The maximum atomic E-state index is 9.13. The summed E-state index contributed by atoms with van der Waals surface area (Å²) in [7, 11) is 1.65. The molecular weight excluding hydrogens is 202 g/mol. The van der Waals surface area contributed by atoms with E-state index in [-0.39, 0.29) is 12.6 Å². The molecule has 16 heavy (non-hydrogen) atoms. The standard InChI is InChI=1S/C13H19NO2/c1-16-13-7-10-5-3-2-4-9(10)6-11(13)12(14)8-15/h6-7,12,15H,2-5,8,14H2,1H3. The van der Waals surface area contributed by atoms with Crippen LogP contribution in [0, 0.1) is 0 Å². The van der Waals surface area contributed by atoms with E-state index in [9.17, 15) is 0 Å². The fourth-order valence-corrected chi connectivity index (χ4v) is 2.35. The summed E-state index contributed by atoms with van der Waals surface area (Å²) in [6, 6.07) is 3.84. The molecule has 1 aromatic rings. The van der Waals surface area contributed by atoms with Crippen molar-refractivity contribution in [2.45, 2.75) is 31.7 Å². The van der Waals surface area contributed by atoms with Crippen LogP contribution in [0.15, 0.2) is 12.1 Å². The van der Waals surface area contributed by atoms with Gasteiger partial charge in [0.1, 0.15) is 5.75 Å². The molecule has 1 aliphatic rings. The predicted molar refractivity (Wildman–Crippen MR) is 63.7 cm³/mol. The summed E-state index contributed by atoms with van der Waals surface area (Å²) in [6.45, 7) is -0.0465. The number of ether oxygens (including phenoxy) is 1. The van der Waals surface area contributed by atoms with Crippen LogP contribution in [0.2, 0.25) is 0 Å². The minimum atomic E-state index is -0.345. The number of fused-ring (bicyclic) bond motifs is 1. The molecule has 0 saturated carbocycles. The van der Waals surface area contributed by atoms with E-state index in [0.717, 1.165) is 24.2 Å². The van der Waals surface area contributed by atoms with Gasteiger partial charge in [0.2, 0.25) is 0 Å². The van der Waals surface area contributed by atoms with Gasteiger partial charge in [0.05, 0.1) is 19.8 Å². The van der Waals surface area contributed by atoms with Gasteiger partial charge in [0, 0.05) is 5.56 Å². The van der Waals surface area contributed by atoms with Gasteiger partial charge >= 0.3 is 0 Å². The molecular formula is C13H19NO2. The highest BCUT2D eigenvalue weighted by atomic mass is 16.5. The molecule has 1 aliphatic carbocycles. The molecule has 3 nitrogen and oxygen atoms in total. The zero-order chi connectivity index (χ0) is 11.5. The third kappa shape index (κ3) is 2.06.